The second kappa shape index (κ2) is 11.1. The zero-order valence-electron chi connectivity index (χ0n) is 18.5. The van der Waals surface area contributed by atoms with E-state index in [4.69, 9.17) is 0 Å². The van der Waals surface area contributed by atoms with E-state index in [1.165, 1.54) is 4.31 Å². The normalized spacial score (nSPS) is 12.1. The number of benzene rings is 1. The fourth-order valence-electron chi connectivity index (χ4n) is 3.13. The van der Waals surface area contributed by atoms with Crippen molar-refractivity contribution in [3.8, 4) is 11.4 Å². The summed E-state index contributed by atoms with van der Waals surface area (Å²) in [6.07, 6.45) is 1.35. The van der Waals surface area contributed by atoms with E-state index in [0.29, 0.717) is 31.3 Å². The molecule has 0 unspecified atom stereocenters. The number of nitrogens with zero attached hydrogens (tertiary/aromatic N) is 4. The summed E-state index contributed by atoms with van der Waals surface area (Å²) in [7, 11) is -3.55. The monoisotopic (exact) mass is 452 g/mol. The Morgan fingerprint density at radius 2 is 1.90 bits per heavy atom. The predicted octanol–water partition coefficient (Wildman–Crippen LogP) is 4.09. The zero-order chi connectivity index (χ0) is 22.3. The minimum Gasteiger partial charge on any atom is -0.302 e. The highest BCUT2D eigenvalue weighted by Gasteiger charge is 2.23. The number of hydrogen-bond donors (Lipinski definition) is 0. The van der Waals surface area contributed by atoms with Crippen LogP contribution in [0.2, 0.25) is 0 Å². The maximum absolute atomic E-state index is 12.9. The third-order valence-corrected chi connectivity index (χ3v) is 7.70. The van der Waals surface area contributed by atoms with Crippen LogP contribution in [0.15, 0.2) is 34.3 Å². The maximum atomic E-state index is 12.9. The second-order valence-corrected chi connectivity index (χ2v) is 10.6. The summed E-state index contributed by atoms with van der Waals surface area (Å²) >= 11 is 1.58. The van der Waals surface area contributed by atoms with E-state index in [1.54, 1.807) is 36.9 Å². The average Bonchev–Trinajstić information content (AvgIpc) is 3.07. The topological polar surface area (TPSA) is 85.2 Å². The van der Waals surface area contributed by atoms with Crippen LogP contribution in [0.5, 0.6) is 0 Å². The number of thioether (sulfide) groups is 1. The number of carbonyl (C=O) groups excluding carboxylic acids is 1. The van der Waals surface area contributed by atoms with Crippen molar-refractivity contribution in [1.82, 2.24) is 19.1 Å². The Kier molecular flexibility index (Phi) is 9.06. The van der Waals surface area contributed by atoms with Crippen LogP contribution in [0, 0.1) is 5.92 Å². The molecule has 1 heterocycles. The van der Waals surface area contributed by atoms with Gasteiger partial charge in [-0.15, -0.1) is 10.2 Å². The van der Waals surface area contributed by atoms with Crippen LogP contribution in [0.3, 0.4) is 0 Å². The lowest BCUT2D eigenvalue weighted by Crippen LogP contribution is -2.30. The quantitative estimate of drug-likeness (QED) is 0.356. The Morgan fingerprint density at radius 1 is 1.20 bits per heavy atom. The second-order valence-electron chi connectivity index (χ2n) is 7.58. The molecule has 166 valence electrons. The van der Waals surface area contributed by atoms with Crippen molar-refractivity contribution >= 4 is 27.6 Å². The molecule has 1 aromatic heterocycles. The average molecular weight is 453 g/mol. The highest BCUT2D eigenvalue weighted by Crippen LogP contribution is 2.28. The van der Waals surface area contributed by atoms with Crippen LogP contribution in [0.1, 0.15) is 47.5 Å². The molecule has 30 heavy (non-hydrogen) atoms. The SMILES string of the molecule is CCN(CC)S(=O)(=O)c1cccc(-c2nnc(SCCCC(C)=O)n2CC(C)C)c1. The molecule has 2 rings (SSSR count). The summed E-state index contributed by atoms with van der Waals surface area (Å²) in [6, 6.07) is 6.92. The molecule has 7 nitrogen and oxygen atoms in total. The number of aromatic nitrogens is 3. The van der Waals surface area contributed by atoms with Gasteiger partial charge in [0.25, 0.3) is 0 Å². The minimum absolute atomic E-state index is 0.186. The standard InChI is InChI=1S/C21H32N4O3S2/c1-6-24(7-2)30(27,28)19-12-8-11-18(14-19)20-22-23-21(25(20)15-16(3)4)29-13-9-10-17(5)26/h8,11-12,14,16H,6-7,9-10,13,15H2,1-5H3. The minimum atomic E-state index is -3.55. The molecular weight excluding hydrogens is 420 g/mol. The van der Waals surface area contributed by atoms with E-state index in [0.717, 1.165) is 29.4 Å². The first-order valence-corrected chi connectivity index (χ1v) is 12.8. The van der Waals surface area contributed by atoms with Crippen molar-refractivity contribution in [2.24, 2.45) is 5.92 Å². The van der Waals surface area contributed by atoms with Gasteiger partial charge in [0.2, 0.25) is 10.0 Å². The lowest BCUT2D eigenvalue weighted by Gasteiger charge is -2.19. The highest BCUT2D eigenvalue weighted by atomic mass is 32.2. The molecule has 2 aromatic rings. The number of Topliss-reactive ketones (excluding diaryl/α,β-unsaturated/α-hetero) is 1. The first kappa shape index (κ1) is 24.6. The summed E-state index contributed by atoms with van der Waals surface area (Å²) < 4.78 is 29.3. The van der Waals surface area contributed by atoms with Crippen LogP contribution in [0.25, 0.3) is 11.4 Å². The lowest BCUT2D eigenvalue weighted by atomic mass is 10.2. The van der Waals surface area contributed by atoms with Crippen molar-refractivity contribution in [2.45, 2.75) is 64.1 Å². The number of hydrogen-bond acceptors (Lipinski definition) is 6. The third-order valence-electron chi connectivity index (χ3n) is 4.60. The van der Waals surface area contributed by atoms with Gasteiger partial charge in [-0.1, -0.05) is 51.6 Å². The number of rotatable bonds is 12. The summed E-state index contributed by atoms with van der Waals surface area (Å²) in [4.78, 5) is 11.4. The van der Waals surface area contributed by atoms with Crippen LogP contribution in [-0.2, 0) is 21.4 Å². The van der Waals surface area contributed by atoms with Crippen LogP contribution >= 0.6 is 11.8 Å². The van der Waals surface area contributed by atoms with Crippen LogP contribution in [-0.4, -0.2) is 52.1 Å². The maximum Gasteiger partial charge on any atom is 0.243 e. The predicted molar refractivity (Wildman–Crippen MR) is 121 cm³/mol. The van der Waals surface area contributed by atoms with Crippen molar-refractivity contribution < 1.29 is 13.2 Å². The van der Waals surface area contributed by atoms with Gasteiger partial charge in [0.05, 0.1) is 4.90 Å². The highest BCUT2D eigenvalue weighted by molar-refractivity contribution is 7.99. The molecule has 0 atom stereocenters. The van der Waals surface area contributed by atoms with Crippen molar-refractivity contribution in [2.75, 3.05) is 18.8 Å². The van der Waals surface area contributed by atoms with Crippen LogP contribution in [0.4, 0.5) is 0 Å². The number of ketones is 1. The fourth-order valence-corrected chi connectivity index (χ4v) is 5.52. The van der Waals surface area contributed by atoms with Gasteiger partial charge in [-0.05, 0) is 31.4 Å². The molecule has 0 aliphatic heterocycles. The van der Waals surface area contributed by atoms with E-state index >= 15 is 0 Å². The molecule has 0 amide bonds. The molecule has 0 bridgehead atoms. The molecule has 0 saturated heterocycles. The summed E-state index contributed by atoms with van der Waals surface area (Å²) in [5.41, 5.74) is 0.729. The first-order chi connectivity index (χ1) is 14.2. The van der Waals surface area contributed by atoms with Crippen molar-refractivity contribution in [3.05, 3.63) is 24.3 Å². The van der Waals surface area contributed by atoms with Gasteiger partial charge in [-0.25, -0.2) is 8.42 Å². The Bertz CT molecular complexity index is 951. The van der Waals surface area contributed by atoms with Gasteiger partial charge in [0, 0.05) is 37.4 Å². The van der Waals surface area contributed by atoms with E-state index in [-0.39, 0.29) is 10.7 Å². The molecule has 0 fully saturated rings. The number of carbonyl (C=O) groups is 1. The zero-order valence-corrected chi connectivity index (χ0v) is 20.1. The fraction of sp³-hybridized carbons (Fsp3) is 0.571. The van der Waals surface area contributed by atoms with Gasteiger partial charge in [-0.3, -0.25) is 0 Å². The van der Waals surface area contributed by atoms with Gasteiger partial charge < -0.3 is 9.36 Å². The molecule has 0 spiro atoms. The molecule has 0 N–H and O–H groups in total. The Labute approximate surface area is 184 Å². The Balaban J connectivity index is 2.37. The summed E-state index contributed by atoms with van der Waals surface area (Å²) in [6.45, 7) is 11.1. The largest absolute Gasteiger partial charge is 0.302 e. The smallest absolute Gasteiger partial charge is 0.243 e. The molecule has 0 aliphatic carbocycles. The third kappa shape index (κ3) is 6.15. The van der Waals surface area contributed by atoms with E-state index in [2.05, 4.69) is 24.0 Å². The summed E-state index contributed by atoms with van der Waals surface area (Å²) in [5.74, 6) is 2.01. The lowest BCUT2D eigenvalue weighted by molar-refractivity contribution is -0.117. The van der Waals surface area contributed by atoms with Gasteiger partial charge in [-0.2, -0.15) is 4.31 Å². The molecular formula is C21H32N4O3S2. The molecule has 0 aliphatic rings. The Hall–Kier alpha value is -1.71. The van der Waals surface area contributed by atoms with Gasteiger partial charge >= 0.3 is 0 Å². The van der Waals surface area contributed by atoms with E-state index < -0.39 is 10.0 Å². The van der Waals surface area contributed by atoms with Crippen LogP contribution < -0.4 is 0 Å². The van der Waals surface area contributed by atoms with E-state index in [9.17, 15) is 13.2 Å². The molecule has 9 heteroatoms. The first-order valence-electron chi connectivity index (χ1n) is 10.4. The number of sulfonamides is 1. The summed E-state index contributed by atoms with van der Waals surface area (Å²) in [5, 5.41) is 9.52. The molecule has 0 radical (unpaired) electrons. The molecule has 0 saturated carbocycles. The van der Waals surface area contributed by atoms with Crippen molar-refractivity contribution in [3.63, 3.8) is 0 Å². The Morgan fingerprint density at radius 3 is 2.50 bits per heavy atom. The van der Waals surface area contributed by atoms with Crippen molar-refractivity contribution in [1.29, 1.82) is 0 Å². The van der Waals surface area contributed by atoms with Gasteiger partial charge in [0.1, 0.15) is 5.78 Å². The van der Waals surface area contributed by atoms with Gasteiger partial charge in [0.15, 0.2) is 11.0 Å². The van der Waals surface area contributed by atoms with E-state index in [1.807, 2.05) is 24.5 Å². The molecule has 1 aromatic carbocycles.